The van der Waals surface area contributed by atoms with Gasteiger partial charge in [-0.05, 0) is 24.3 Å². The monoisotopic (exact) mass is 366 g/mol. The quantitative estimate of drug-likeness (QED) is 0.401. The molecule has 1 unspecified atom stereocenters. The molecule has 0 aliphatic rings. The van der Waals surface area contributed by atoms with Crippen LogP contribution in [0, 0.1) is 0 Å². The molecular weight excluding hydrogens is 353 g/mol. The number of carbonyl (C=O) groups excluding carboxylic acids is 1. The predicted molar refractivity (Wildman–Crippen MR) is 87.0 cm³/mol. The summed E-state index contributed by atoms with van der Waals surface area (Å²) in [6, 6.07) is 13.6. The molecule has 2 aromatic carbocycles. The molecule has 0 aliphatic heterocycles. The molecule has 8 nitrogen and oxygen atoms in total. The van der Waals surface area contributed by atoms with Gasteiger partial charge in [0.25, 0.3) is 0 Å². The number of benzene rings is 2. The first-order valence-electron chi connectivity index (χ1n) is 6.15. The zero-order valence-corrected chi connectivity index (χ0v) is 13.3. The molecule has 11 heteroatoms. The van der Waals surface area contributed by atoms with Gasteiger partial charge in [-0.15, -0.1) is 0 Å². The summed E-state index contributed by atoms with van der Waals surface area (Å²) >= 11 is 0. The Bertz CT molecular complexity index is 787. The number of carbonyl (C=O) groups is 1. The second-order valence-electron chi connectivity index (χ2n) is 4.35. The van der Waals surface area contributed by atoms with Gasteiger partial charge < -0.3 is 14.3 Å². The van der Waals surface area contributed by atoms with Crippen LogP contribution in [-0.4, -0.2) is 39.3 Å². The fourth-order valence-corrected chi connectivity index (χ4v) is 3.30. The number of phosphoric ester groups is 1. The third kappa shape index (κ3) is 6.37. The molecule has 2 rings (SSSR count). The van der Waals surface area contributed by atoms with Gasteiger partial charge in [-0.1, -0.05) is 30.3 Å². The maximum absolute atomic E-state index is 12.2. The zero-order chi connectivity index (χ0) is 17.1. The van der Waals surface area contributed by atoms with E-state index >= 15 is 0 Å². The molecule has 0 aromatic heterocycles. The van der Waals surface area contributed by atoms with Crippen LogP contribution in [0.25, 0.3) is 0 Å². The molecule has 0 heterocycles. The first kappa shape index (κ1) is 20.9. The van der Waals surface area contributed by atoms with Gasteiger partial charge in [0.15, 0.2) is 5.78 Å². The van der Waals surface area contributed by atoms with E-state index in [1.54, 1.807) is 30.3 Å². The van der Waals surface area contributed by atoms with Crippen molar-refractivity contribution in [2.24, 2.45) is 0 Å². The van der Waals surface area contributed by atoms with E-state index in [9.17, 15) is 18.8 Å². The van der Waals surface area contributed by atoms with Gasteiger partial charge in [0.1, 0.15) is 5.75 Å². The number of phosphoric acid groups is 2. The van der Waals surface area contributed by atoms with Crippen LogP contribution in [0.5, 0.6) is 5.75 Å². The Labute approximate surface area is 149 Å². The van der Waals surface area contributed by atoms with Gasteiger partial charge in [0.2, 0.25) is 0 Å². The van der Waals surface area contributed by atoms with Crippen molar-refractivity contribution in [2.75, 3.05) is 0 Å². The Morgan fingerprint density at radius 3 is 1.83 bits per heavy atom. The van der Waals surface area contributed by atoms with E-state index in [4.69, 9.17) is 9.79 Å². The van der Waals surface area contributed by atoms with Gasteiger partial charge in [-0.25, -0.2) is 9.13 Å². The summed E-state index contributed by atoms with van der Waals surface area (Å²) in [4.78, 5) is 38.4. The minimum absolute atomic E-state index is 0. The van der Waals surface area contributed by atoms with E-state index < -0.39 is 15.6 Å². The SMILES string of the molecule is O=C(c1ccccc1)c1ccc(OP(=O)(O)OP(=O)(O)O)cc1.[LiH]. The third-order valence-corrected chi connectivity index (χ3v) is 4.70. The first-order chi connectivity index (χ1) is 10.7. The van der Waals surface area contributed by atoms with Crippen LogP contribution in [0.1, 0.15) is 15.9 Å². The van der Waals surface area contributed by atoms with E-state index in [0.717, 1.165) is 0 Å². The standard InChI is InChI=1S/C13H12O8P2.Li.H/c14-13(10-4-2-1-3-5-10)11-6-8-12(9-7-11)20-23(18,19)21-22(15,16)17;;/h1-9H,(H,18,19)(H2,15,16,17);;. The van der Waals surface area contributed by atoms with Crippen molar-refractivity contribution >= 4 is 40.3 Å². The Morgan fingerprint density at radius 2 is 1.33 bits per heavy atom. The predicted octanol–water partition coefficient (Wildman–Crippen LogP) is 1.86. The minimum atomic E-state index is -5.18. The van der Waals surface area contributed by atoms with E-state index in [-0.39, 0.29) is 30.4 Å². The Morgan fingerprint density at radius 1 is 0.833 bits per heavy atom. The summed E-state index contributed by atoms with van der Waals surface area (Å²) in [5, 5.41) is 0. The Hall–Kier alpha value is -1.19. The fraction of sp³-hybridized carbons (Fsp3) is 0. The molecule has 1 atom stereocenters. The summed E-state index contributed by atoms with van der Waals surface area (Å²) in [6.45, 7) is 0. The van der Waals surface area contributed by atoms with Gasteiger partial charge in [-0.3, -0.25) is 9.69 Å². The zero-order valence-electron chi connectivity index (χ0n) is 11.5. The summed E-state index contributed by atoms with van der Waals surface area (Å²) < 4.78 is 30.1. The molecule has 0 fully saturated rings. The second-order valence-corrected chi connectivity index (χ2v) is 7.11. The summed E-state index contributed by atoms with van der Waals surface area (Å²) in [5.74, 6) is -0.440. The van der Waals surface area contributed by atoms with Crippen LogP contribution in [0.3, 0.4) is 0 Å². The molecular formula is C13H13LiO8P2. The van der Waals surface area contributed by atoms with Crippen molar-refractivity contribution in [3.8, 4) is 5.75 Å². The van der Waals surface area contributed by atoms with Gasteiger partial charge >= 0.3 is 34.5 Å². The first-order valence-corrected chi connectivity index (χ1v) is 9.18. The molecule has 3 N–H and O–H groups in total. The topological polar surface area (TPSA) is 130 Å². The van der Waals surface area contributed by atoms with Crippen LogP contribution in [-0.2, 0) is 13.4 Å². The van der Waals surface area contributed by atoms with E-state index in [2.05, 4.69) is 8.83 Å². The van der Waals surface area contributed by atoms with Crippen molar-refractivity contribution in [3.63, 3.8) is 0 Å². The summed E-state index contributed by atoms with van der Waals surface area (Å²) in [7, 11) is -10.2. The van der Waals surface area contributed by atoms with Gasteiger partial charge in [-0.2, -0.15) is 4.31 Å². The number of rotatable bonds is 6. The van der Waals surface area contributed by atoms with Crippen molar-refractivity contribution < 1.29 is 37.4 Å². The molecule has 24 heavy (non-hydrogen) atoms. The average Bonchev–Trinajstić information content (AvgIpc) is 2.45. The molecule has 124 valence electrons. The molecule has 0 radical (unpaired) electrons. The molecule has 0 aliphatic carbocycles. The maximum atomic E-state index is 12.2. The van der Waals surface area contributed by atoms with Gasteiger partial charge in [0.05, 0.1) is 0 Å². The normalized spacial score (nSPS) is 13.5. The van der Waals surface area contributed by atoms with E-state index in [1.807, 2.05) is 0 Å². The van der Waals surface area contributed by atoms with Crippen LogP contribution in [0.2, 0.25) is 0 Å². The molecule has 0 spiro atoms. The fourth-order valence-electron chi connectivity index (χ4n) is 1.71. The molecule has 0 saturated heterocycles. The molecule has 0 saturated carbocycles. The summed E-state index contributed by atoms with van der Waals surface area (Å²) in [6.07, 6.45) is 0. The molecule has 2 aromatic rings. The van der Waals surface area contributed by atoms with Crippen LogP contribution in [0.15, 0.2) is 54.6 Å². The van der Waals surface area contributed by atoms with Crippen molar-refractivity contribution in [2.45, 2.75) is 0 Å². The average molecular weight is 366 g/mol. The van der Waals surface area contributed by atoms with E-state index in [0.29, 0.717) is 11.1 Å². The number of hydrogen-bond acceptors (Lipinski definition) is 5. The third-order valence-electron chi connectivity index (χ3n) is 2.58. The molecule has 0 amide bonds. The number of ketones is 1. The van der Waals surface area contributed by atoms with Gasteiger partial charge in [0, 0.05) is 11.1 Å². The van der Waals surface area contributed by atoms with E-state index in [1.165, 1.54) is 24.3 Å². The van der Waals surface area contributed by atoms with Crippen LogP contribution >= 0.6 is 15.6 Å². The summed E-state index contributed by atoms with van der Waals surface area (Å²) in [5.41, 5.74) is 0.783. The molecule has 0 bridgehead atoms. The van der Waals surface area contributed by atoms with Crippen molar-refractivity contribution in [3.05, 3.63) is 65.7 Å². The second kappa shape index (κ2) is 8.26. The van der Waals surface area contributed by atoms with Crippen LogP contribution in [0.4, 0.5) is 0 Å². The van der Waals surface area contributed by atoms with Crippen molar-refractivity contribution in [1.82, 2.24) is 0 Å². The Balaban J connectivity index is 0.00000288. The Kier molecular flexibility index (Phi) is 7.18. The number of hydrogen-bond donors (Lipinski definition) is 3. The van der Waals surface area contributed by atoms with Crippen LogP contribution < -0.4 is 4.52 Å². The van der Waals surface area contributed by atoms with Crippen molar-refractivity contribution in [1.29, 1.82) is 0 Å².